The maximum absolute atomic E-state index is 8.65. The summed E-state index contributed by atoms with van der Waals surface area (Å²) in [7, 11) is 2.07. The first-order valence-electron chi connectivity index (χ1n) is 5.62. The Morgan fingerprint density at radius 1 is 1.43 bits per heavy atom. The summed E-state index contributed by atoms with van der Waals surface area (Å²) in [6, 6.07) is 3.73. The molecule has 1 saturated carbocycles. The third-order valence-electron chi connectivity index (χ3n) is 3.43. The van der Waals surface area contributed by atoms with Crippen LogP contribution in [0.25, 0.3) is 0 Å². The van der Waals surface area contributed by atoms with Gasteiger partial charge in [0.25, 0.3) is 0 Å². The van der Waals surface area contributed by atoms with Crippen molar-refractivity contribution >= 4 is 0 Å². The number of nitriles is 1. The highest BCUT2D eigenvalue weighted by atomic mass is 15.2. The fourth-order valence-corrected chi connectivity index (χ4v) is 2.36. The van der Waals surface area contributed by atoms with Gasteiger partial charge in [-0.15, -0.1) is 0 Å². The van der Waals surface area contributed by atoms with Gasteiger partial charge in [0.05, 0.1) is 12.6 Å². The molecule has 3 nitrogen and oxygen atoms in total. The van der Waals surface area contributed by atoms with Crippen molar-refractivity contribution in [2.45, 2.75) is 37.8 Å². The van der Waals surface area contributed by atoms with Crippen LogP contribution in [0.3, 0.4) is 0 Å². The van der Waals surface area contributed by atoms with Gasteiger partial charge in [-0.2, -0.15) is 5.26 Å². The van der Waals surface area contributed by atoms with E-state index >= 15 is 0 Å². The van der Waals surface area contributed by atoms with Gasteiger partial charge in [-0.3, -0.25) is 9.80 Å². The molecule has 3 heteroatoms. The van der Waals surface area contributed by atoms with E-state index in [0.717, 1.165) is 6.04 Å². The van der Waals surface area contributed by atoms with Gasteiger partial charge in [0.1, 0.15) is 0 Å². The van der Waals surface area contributed by atoms with Crippen molar-refractivity contribution in [3.05, 3.63) is 0 Å². The predicted octanol–water partition coefficient (Wildman–Crippen LogP) is 1.07. The first-order chi connectivity index (χ1) is 6.81. The zero-order valence-corrected chi connectivity index (χ0v) is 8.95. The molecule has 0 N–H and O–H groups in total. The minimum absolute atomic E-state index is 0.573. The molecule has 0 amide bonds. The fraction of sp³-hybridized carbons (Fsp3) is 0.909. The molecule has 1 aliphatic carbocycles. The summed E-state index contributed by atoms with van der Waals surface area (Å²) < 4.78 is 0. The summed E-state index contributed by atoms with van der Waals surface area (Å²) in [4.78, 5) is 4.82. The van der Waals surface area contributed by atoms with E-state index in [2.05, 4.69) is 22.9 Å². The molecule has 1 unspecified atom stereocenters. The number of nitrogens with zero attached hydrogens (tertiary/aromatic N) is 3. The first kappa shape index (κ1) is 9.95. The molecule has 1 aliphatic heterocycles. The van der Waals surface area contributed by atoms with E-state index in [1.54, 1.807) is 0 Å². The maximum atomic E-state index is 8.65. The van der Waals surface area contributed by atoms with Crippen LogP contribution < -0.4 is 0 Å². The van der Waals surface area contributed by atoms with E-state index in [1.165, 1.54) is 38.8 Å². The zero-order chi connectivity index (χ0) is 9.97. The predicted molar refractivity (Wildman–Crippen MR) is 55.9 cm³/mol. The third-order valence-corrected chi connectivity index (χ3v) is 3.43. The monoisotopic (exact) mass is 193 g/mol. The molecule has 1 atom stereocenters. The van der Waals surface area contributed by atoms with Crippen LogP contribution in [0.15, 0.2) is 0 Å². The highest BCUT2D eigenvalue weighted by Gasteiger charge is 2.33. The zero-order valence-electron chi connectivity index (χ0n) is 8.95. The van der Waals surface area contributed by atoms with E-state index in [9.17, 15) is 0 Å². The number of piperidine rings is 1. The first-order valence-corrected chi connectivity index (χ1v) is 5.62. The molecule has 0 spiro atoms. The van der Waals surface area contributed by atoms with Crippen molar-refractivity contribution < 1.29 is 0 Å². The van der Waals surface area contributed by atoms with Gasteiger partial charge in [-0.25, -0.2) is 0 Å². The minimum Gasteiger partial charge on any atom is -0.299 e. The molecule has 0 aromatic carbocycles. The largest absolute Gasteiger partial charge is 0.299 e. The van der Waals surface area contributed by atoms with Crippen LogP contribution in [-0.4, -0.2) is 48.6 Å². The van der Waals surface area contributed by atoms with E-state index in [4.69, 9.17) is 5.26 Å². The average Bonchev–Trinajstić information content (AvgIpc) is 3.02. The average molecular weight is 193 g/mol. The second kappa shape index (κ2) is 4.29. The molecule has 2 aliphatic rings. The summed E-state index contributed by atoms with van der Waals surface area (Å²) in [6.45, 7) is 3.04. The Labute approximate surface area is 86.3 Å². The highest BCUT2D eigenvalue weighted by molar-refractivity contribution is 4.91. The van der Waals surface area contributed by atoms with E-state index in [-0.39, 0.29) is 0 Å². The minimum atomic E-state index is 0.573. The Morgan fingerprint density at radius 3 is 2.86 bits per heavy atom. The van der Waals surface area contributed by atoms with Gasteiger partial charge in [-0.1, -0.05) is 0 Å². The van der Waals surface area contributed by atoms with Crippen LogP contribution in [0, 0.1) is 11.3 Å². The van der Waals surface area contributed by atoms with E-state index in [0.29, 0.717) is 12.6 Å². The molecule has 1 saturated heterocycles. The molecular weight excluding hydrogens is 174 g/mol. The lowest BCUT2D eigenvalue weighted by Gasteiger charge is -2.36. The fourth-order valence-electron chi connectivity index (χ4n) is 2.36. The van der Waals surface area contributed by atoms with Crippen molar-refractivity contribution in [2.75, 3.05) is 26.7 Å². The van der Waals surface area contributed by atoms with Crippen LogP contribution in [0.4, 0.5) is 0 Å². The topological polar surface area (TPSA) is 30.3 Å². The standard InChI is InChI=1S/C11H19N3/c1-13(8-6-12)11-3-2-7-14(9-11)10-4-5-10/h10-11H,2-5,7-9H2,1H3. The third kappa shape index (κ3) is 2.26. The lowest BCUT2D eigenvalue weighted by molar-refractivity contribution is 0.119. The summed E-state index contributed by atoms with van der Waals surface area (Å²) >= 11 is 0. The molecule has 2 fully saturated rings. The van der Waals surface area contributed by atoms with Crippen LogP contribution in [0.2, 0.25) is 0 Å². The lowest BCUT2D eigenvalue weighted by atomic mass is 10.0. The van der Waals surface area contributed by atoms with Crippen LogP contribution in [0.1, 0.15) is 25.7 Å². The molecule has 0 bridgehead atoms. The maximum Gasteiger partial charge on any atom is 0.0866 e. The quantitative estimate of drug-likeness (QED) is 0.628. The van der Waals surface area contributed by atoms with Crippen molar-refractivity contribution in [2.24, 2.45) is 0 Å². The van der Waals surface area contributed by atoms with Gasteiger partial charge in [0.15, 0.2) is 0 Å². The Bertz CT molecular complexity index is 229. The molecule has 0 aromatic rings. The second-order valence-corrected chi connectivity index (χ2v) is 4.60. The van der Waals surface area contributed by atoms with Crippen LogP contribution in [0.5, 0.6) is 0 Å². The van der Waals surface area contributed by atoms with Crippen molar-refractivity contribution in [3.8, 4) is 6.07 Å². The van der Waals surface area contributed by atoms with Gasteiger partial charge in [-0.05, 0) is 39.3 Å². The molecule has 0 radical (unpaired) electrons. The molecule has 2 rings (SSSR count). The number of hydrogen-bond donors (Lipinski definition) is 0. The van der Waals surface area contributed by atoms with E-state index in [1.807, 2.05) is 0 Å². The van der Waals surface area contributed by atoms with Gasteiger partial charge < -0.3 is 0 Å². The van der Waals surface area contributed by atoms with Crippen LogP contribution in [-0.2, 0) is 0 Å². The molecule has 1 heterocycles. The number of likely N-dealkylation sites (tertiary alicyclic amines) is 1. The van der Waals surface area contributed by atoms with Gasteiger partial charge in [0, 0.05) is 18.6 Å². The van der Waals surface area contributed by atoms with E-state index < -0.39 is 0 Å². The number of rotatable bonds is 3. The molecule has 14 heavy (non-hydrogen) atoms. The summed E-state index contributed by atoms with van der Waals surface area (Å²) in [5.74, 6) is 0. The van der Waals surface area contributed by atoms with Gasteiger partial charge in [0.2, 0.25) is 0 Å². The number of hydrogen-bond acceptors (Lipinski definition) is 3. The Balaban J connectivity index is 1.83. The second-order valence-electron chi connectivity index (χ2n) is 4.60. The molecule has 78 valence electrons. The lowest BCUT2D eigenvalue weighted by Crippen LogP contribution is -2.47. The molecule has 0 aromatic heterocycles. The summed E-state index contributed by atoms with van der Waals surface area (Å²) in [5, 5.41) is 8.65. The SMILES string of the molecule is CN(CC#N)C1CCCN(C2CC2)C1. The Kier molecular flexibility index (Phi) is 3.05. The number of likely N-dealkylation sites (N-methyl/N-ethyl adjacent to an activating group) is 1. The van der Waals surface area contributed by atoms with Crippen molar-refractivity contribution in [1.82, 2.24) is 9.80 Å². The van der Waals surface area contributed by atoms with Crippen molar-refractivity contribution in [3.63, 3.8) is 0 Å². The van der Waals surface area contributed by atoms with Gasteiger partial charge >= 0.3 is 0 Å². The molecular formula is C11H19N3. The Hall–Kier alpha value is -0.590. The highest BCUT2D eigenvalue weighted by Crippen LogP contribution is 2.30. The smallest absolute Gasteiger partial charge is 0.0866 e. The van der Waals surface area contributed by atoms with Crippen LogP contribution >= 0.6 is 0 Å². The summed E-state index contributed by atoms with van der Waals surface area (Å²) in [6.07, 6.45) is 5.36. The van der Waals surface area contributed by atoms with Crippen molar-refractivity contribution in [1.29, 1.82) is 5.26 Å². The Morgan fingerprint density at radius 2 is 2.21 bits per heavy atom. The summed E-state index contributed by atoms with van der Waals surface area (Å²) in [5.41, 5.74) is 0. The normalized spacial score (nSPS) is 29.1.